The second kappa shape index (κ2) is 8.62. The van der Waals surface area contributed by atoms with Crippen molar-refractivity contribution in [1.29, 1.82) is 0 Å². The second-order valence-corrected chi connectivity index (χ2v) is 3.10. The predicted octanol–water partition coefficient (Wildman–Crippen LogP) is 3.95. The summed E-state index contributed by atoms with van der Waals surface area (Å²) in [5, 5.41) is 0. The van der Waals surface area contributed by atoms with Gasteiger partial charge in [0.05, 0.1) is 0 Å². The Morgan fingerprint density at radius 3 is 2.20 bits per heavy atom. The van der Waals surface area contributed by atoms with Crippen molar-refractivity contribution in [2.75, 3.05) is 0 Å². The Labute approximate surface area is 106 Å². The van der Waals surface area contributed by atoms with Gasteiger partial charge in [0.25, 0.3) is 0 Å². The first-order valence-corrected chi connectivity index (χ1v) is 5.03. The monoisotopic (exact) mass is 286 g/mol. The van der Waals surface area contributed by atoms with Crippen LogP contribution in [0.4, 0.5) is 0 Å². The third-order valence-electron chi connectivity index (χ3n) is 2.09. The third kappa shape index (κ3) is 5.69. The molecule has 0 nitrogen and oxygen atoms in total. The fraction of sp³-hybridized carbons (Fsp3) is 0.286. The van der Waals surface area contributed by atoms with Crippen LogP contribution in [0.3, 0.4) is 0 Å². The molecule has 0 radical (unpaired) electrons. The van der Waals surface area contributed by atoms with Crippen LogP contribution < -0.4 is 0 Å². The molecule has 2 rings (SSSR count). The molecule has 0 aromatic rings. The maximum atomic E-state index is 3.59. The number of rotatable bonds is 2. The zero-order valence-electron chi connectivity index (χ0n) is 9.07. The van der Waals surface area contributed by atoms with Crippen LogP contribution in [0.15, 0.2) is 48.1 Å². The molecule has 0 amide bonds. The summed E-state index contributed by atoms with van der Waals surface area (Å²) in [5.41, 5.74) is 2.49. The summed E-state index contributed by atoms with van der Waals surface area (Å²) in [6.07, 6.45) is 19.6. The molecule has 0 bridgehead atoms. The van der Waals surface area contributed by atoms with Crippen molar-refractivity contribution in [3.05, 3.63) is 60.3 Å². The molecule has 80 valence electrons. The zero-order valence-corrected chi connectivity index (χ0v) is 10.8. The average Bonchev–Trinajstić information content (AvgIpc) is 2.92. The van der Waals surface area contributed by atoms with Gasteiger partial charge in [-0.25, -0.2) is 11.6 Å². The van der Waals surface area contributed by atoms with Gasteiger partial charge in [-0.2, -0.15) is 36.5 Å². The van der Waals surface area contributed by atoms with Crippen molar-refractivity contribution in [1.82, 2.24) is 0 Å². The first-order chi connectivity index (χ1) is 6.86. The molecule has 15 heavy (non-hydrogen) atoms. The van der Waals surface area contributed by atoms with Crippen LogP contribution in [0.25, 0.3) is 0 Å². The normalized spacial score (nSPS) is 16.1. The smallest absolute Gasteiger partial charge is 0.270 e. The van der Waals surface area contributed by atoms with E-state index in [-0.39, 0.29) is 19.5 Å². The van der Waals surface area contributed by atoms with Crippen molar-refractivity contribution in [3.63, 3.8) is 0 Å². The summed E-state index contributed by atoms with van der Waals surface area (Å²) < 4.78 is 0. The third-order valence-corrected chi connectivity index (χ3v) is 2.09. The van der Waals surface area contributed by atoms with E-state index < -0.39 is 0 Å². The maximum Gasteiger partial charge on any atom is 2.00 e. The second-order valence-electron chi connectivity index (χ2n) is 3.10. The van der Waals surface area contributed by atoms with Crippen LogP contribution in [0.5, 0.6) is 0 Å². The molecule has 0 saturated carbocycles. The summed E-state index contributed by atoms with van der Waals surface area (Å²) in [7, 11) is 0. The van der Waals surface area contributed by atoms with Crippen LogP contribution in [0.2, 0.25) is 0 Å². The van der Waals surface area contributed by atoms with Crippen LogP contribution in [-0.4, -0.2) is 0 Å². The van der Waals surface area contributed by atoms with E-state index in [9.17, 15) is 0 Å². The van der Waals surface area contributed by atoms with Gasteiger partial charge in [-0.3, -0.25) is 6.08 Å². The van der Waals surface area contributed by atoms with Gasteiger partial charge in [0.15, 0.2) is 0 Å². The molecule has 0 heterocycles. The molecule has 0 N–H and O–H groups in total. The van der Waals surface area contributed by atoms with Crippen molar-refractivity contribution < 1.29 is 19.5 Å². The molecule has 1 heteroatoms. The number of allylic oxidation sites excluding steroid dienone is 9. The summed E-state index contributed by atoms with van der Waals surface area (Å²) in [6, 6.07) is 0. The molecular formula is C14H16Ru. The van der Waals surface area contributed by atoms with E-state index in [1.807, 2.05) is 12.2 Å². The van der Waals surface area contributed by atoms with Gasteiger partial charge in [-0.1, -0.05) is 19.8 Å². The predicted molar refractivity (Wildman–Crippen MR) is 61.5 cm³/mol. The molecule has 2 aliphatic carbocycles. The van der Waals surface area contributed by atoms with Crippen molar-refractivity contribution in [2.24, 2.45) is 0 Å². The van der Waals surface area contributed by atoms with Gasteiger partial charge in [-0.15, -0.1) is 12.5 Å². The SMILES string of the molecule is C=CC1=[C-]CC=C1.CCC1=[C-]CC=C1.[Ru+2]. The molecule has 0 atom stereocenters. The van der Waals surface area contributed by atoms with Crippen LogP contribution in [0, 0.1) is 12.2 Å². The van der Waals surface area contributed by atoms with Crippen molar-refractivity contribution in [3.8, 4) is 0 Å². The minimum atomic E-state index is 0. The van der Waals surface area contributed by atoms with E-state index in [0.717, 1.165) is 24.8 Å². The van der Waals surface area contributed by atoms with Gasteiger partial charge >= 0.3 is 19.5 Å². The summed E-state index contributed by atoms with van der Waals surface area (Å²) in [6.45, 7) is 5.74. The maximum absolute atomic E-state index is 3.59. The van der Waals surface area contributed by atoms with Gasteiger partial charge in [0.2, 0.25) is 0 Å². The Bertz CT molecular complexity index is 303. The van der Waals surface area contributed by atoms with E-state index in [2.05, 4.69) is 43.9 Å². The fourth-order valence-electron chi connectivity index (χ4n) is 1.25. The van der Waals surface area contributed by atoms with E-state index in [1.54, 1.807) is 0 Å². The molecule has 0 saturated heterocycles. The van der Waals surface area contributed by atoms with Crippen LogP contribution in [-0.2, 0) is 19.5 Å². The Morgan fingerprint density at radius 2 is 1.93 bits per heavy atom. The van der Waals surface area contributed by atoms with E-state index in [4.69, 9.17) is 0 Å². The van der Waals surface area contributed by atoms with Crippen molar-refractivity contribution >= 4 is 0 Å². The molecule has 2 aliphatic rings. The van der Waals surface area contributed by atoms with Gasteiger partial charge in [0, 0.05) is 0 Å². The molecular weight excluding hydrogens is 269 g/mol. The quantitative estimate of drug-likeness (QED) is 0.532. The molecule has 0 fully saturated rings. The minimum absolute atomic E-state index is 0. The Kier molecular flexibility index (Phi) is 8.23. The molecule has 0 spiro atoms. The summed E-state index contributed by atoms with van der Waals surface area (Å²) in [4.78, 5) is 0. The van der Waals surface area contributed by atoms with Gasteiger partial charge in [-0.05, 0) is 0 Å². The summed E-state index contributed by atoms with van der Waals surface area (Å²) >= 11 is 0. The Balaban J connectivity index is 0.000000245. The van der Waals surface area contributed by atoms with E-state index >= 15 is 0 Å². The number of hydrogen-bond acceptors (Lipinski definition) is 0. The minimum Gasteiger partial charge on any atom is -0.270 e. The van der Waals surface area contributed by atoms with E-state index in [1.165, 1.54) is 5.57 Å². The standard InChI is InChI=1S/C7H9.C7H7.Ru/c2*1-2-7-5-3-4-6-7;/h3,5H,2,4H2,1H3;2-3,5H,1,4H2;/q2*-1;+2. The molecule has 0 aliphatic heterocycles. The topological polar surface area (TPSA) is 0 Å². The van der Waals surface area contributed by atoms with E-state index in [0.29, 0.717) is 0 Å². The van der Waals surface area contributed by atoms with Crippen LogP contribution >= 0.6 is 0 Å². The first kappa shape index (κ1) is 14.3. The van der Waals surface area contributed by atoms with Crippen LogP contribution in [0.1, 0.15) is 26.2 Å². The first-order valence-electron chi connectivity index (χ1n) is 5.03. The van der Waals surface area contributed by atoms with Gasteiger partial charge < -0.3 is 0 Å². The van der Waals surface area contributed by atoms with Crippen molar-refractivity contribution in [2.45, 2.75) is 26.2 Å². The van der Waals surface area contributed by atoms with Gasteiger partial charge in [0.1, 0.15) is 0 Å². The Morgan fingerprint density at radius 1 is 1.27 bits per heavy atom. The summed E-state index contributed by atoms with van der Waals surface area (Å²) in [5.74, 6) is 0. The average molecular weight is 285 g/mol. The Hall–Kier alpha value is -0.677. The molecule has 0 aromatic carbocycles. The number of hydrogen-bond donors (Lipinski definition) is 0. The largest absolute Gasteiger partial charge is 2.00 e. The molecule has 0 aromatic heterocycles. The molecule has 0 unspecified atom stereocenters. The fourth-order valence-corrected chi connectivity index (χ4v) is 1.25. The zero-order chi connectivity index (χ0) is 10.2.